The van der Waals surface area contributed by atoms with Gasteiger partial charge in [0.1, 0.15) is 12.3 Å². The zero-order chi connectivity index (χ0) is 19.4. The molecule has 2 N–H and O–H groups in total. The van der Waals surface area contributed by atoms with Gasteiger partial charge < -0.3 is 4.74 Å². The number of imide groups is 1. The summed E-state index contributed by atoms with van der Waals surface area (Å²) in [6.07, 6.45) is 0.494. The number of hydrogen-bond acceptors (Lipinski definition) is 6. The first-order valence-corrected chi connectivity index (χ1v) is 9.01. The van der Waals surface area contributed by atoms with Gasteiger partial charge in [0.15, 0.2) is 5.78 Å². The highest BCUT2D eigenvalue weighted by Gasteiger charge is 2.31. The van der Waals surface area contributed by atoms with Gasteiger partial charge in [-0.15, -0.1) is 0 Å². The van der Waals surface area contributed by atoms with E-state index < -0.39 is 23.9 Å². The summed E-state index contributed by atoms with van der Waals surface area (Å²) in [6, 6.07) is 9.64. The zero-order valence-corrected chi connectivity index (χ0v) is 15.4. The summed E-state index contributed by atoms with van der Waals surface area (Å²) in [5.41, 5.74) is 0.855. The molecule has 7 heteroatoms. The maximum absolute atomic E-state index is 12.6. The van der Waals surface area contributed by atoms with Crippen LogP contribution in [0, 0.1) is 5.92 Å². The summed E-state index contributed by atoms with van der Waals surface area (Å²) in [6.45, 7) is 4.23. The predicted octanol–water partition coefficient (Wildman–Crippen LogP) is 1.46. The molecule has 7 nitrogen and oxygen atoms in total. The molecule has 0 saturated carbocycles. The van der Waals surface area contributed by atoms with E-state index in [-0.39, 0.29) is 30.6 Å². The van der Waals surface area contributed by atoms with Gasteiger partial charge in [-0.25, -0.2) is 4.98 Å². The molecule has 0 bridgehead atoms. The Morgan fingerprint density at radius 2 is 2.00 bits per heavy atom. The maximum Gasteiger partial charge on any atom is 0.276 e. The number of carbonyl (C=O) groups excluding carboxylic acids is 3. The van der Waals surface area contributed by atoms with Crippen LogP contribution in [0.25, 0.3) is 10.9 Å². The lowest BCUT2D eigenvalue weighted by molar-refractivity contribution is -0.123. The Bertz CT molecular complexity index is 865. The molecule has 1 aliphatic heterocycles. The number of fused-ring (bicyclic) bond motifs is 1. The number of ether oxygens (including phenoxy) is 1. The minimum absolute atomic E-state index is 0.0492. The van der Waals surface area contributed by atoms with E-state index in [2.05, 4.69) is 15.6 Å². The second-order valence-corrected chi connectivity index (χ2v) is 7.09. The van der Waals surface area contributed by atoms with Crippen LogP contribution in [-0.4, -0.2) is 47.9 Å². The highest BCUT2D eigenvalue weighted by Crippen LogP contribution is 2.12. The van der Waals surface area contributed by atoms with Crippen LogP contribution in [0.1, 0.15) is 30.8 Å². The van der Waals surface area contributed by atoms with Gasteiger partial charge in [0.25, 0.3) is 5.91 Å². The maximum atomic E-state index is 12.6. The average Bonchev–Trinajstić information content (AvgIpc) is 3.05. The van der Waals surface area contributed by atoms with Crippen molar-refractivity contribution in [2.45, 2.75) is 32.4 Å². The van der Waals surface area contributed by atoms with Crippen LogP contribution in [0.2, 0.25) is 0 Å². The lowest BCUT2D eigenvalue weighted by Crippen LogP contribution is -2.52. The first-order valence-electron chi connectivity index (χ1n) is 9.01. The first-order chi connectivity index (χ1) is 12.9. The fourth-order valence-corrected chi connectivity index (χ4v) is 3.03. The second kappa shape index (κ2) is 8.37. The van der Waals surface area contributed by atoms with Crippen molar-refractivity contribution in [3.8, 4) is 0 Å². The van der Waals surface area contributed by atoms with E-state index in [1.165, 1.54) is 0 Å². The highest BCUT2D eigenvalue weighted by atomic mass is 16.5. The molecule has 2 atom stereocenters. The molecule has 2 aromatic rings. The molecule has 1 aromatic carbocycles. The summed E-state index contributed by atoms with van der Waals surface area (Å²) < 4.78 is 5.13. The van der Waals surface area contributed by atoms with Crippen LogP contribution in [0.15, 0.2) is 36.4 Å². The number of carbonyl (C=O) groups is 3. The number of benzene rings is 1. The molecule has 142 valence electrons. The molecule has 1 aliphatic rings. The summed E-state index contributed by atoms with van der Waals surface area (Å²) in [5.74, 6) is -0.905. The number of amides is 2. The van der Waals surface area contributed by atoms with Crippen LogP contribution >= 0.6 is 0 Å². The Morgan fingerprint density at radius 3 is 2.70 bits per heavy atom. The smallest absolute Gasteiger partial charge is 0.276 e. The molecule has 1 aromatic heterocycles. The van der Waals surface area contributed by atoms with Gasteiger partial charge in [-0.3, -0.25) is 25.0 Å². The average molecular weight is 369 g/mol. The number of aromatic nitrogens is 1. The number of pyridine rings is 1. The van der Waals surface area contributed by atoms with Crippen molar-refractivity contribution in [3.63, 3.8) is 0 Å². The second-order valence-electron chi connectivity index (χ2n) is 7.09. The van der Waals surface area contributed by atoms with Crippen LogP contribution in [0.5, 0.6) is 0 Å². The number of para-hydroxylation sites is 1. The molecule has 1 saturated heterocycles. The molecule has 2 heterocycles. The van der Waals surface area contributed by atoms with Crippen molar-refractivity contribution in [1.82, 2.24) is 15.6 Å². The van der Waals surface area contributed by atoms with Crippen LogP contribution in [0.4, 0.5) is 0 Å². The first kappa shape index (κ1) is 19.1. The summed E-state index contributed by atoms with van der Waals surface area (Å²) in [4.78, 5) is 41.2. The molecule has 27 heavy (non-hydrogen) atoms. The number of nitrogens with zero attached hydrogens (tertiary/aromatic N) is 1. The van der Waals surface area contributed by atoms with Gasteiger partial charge in [0.2, 0.25) is 5.91 Å². The third-order valence-corrected chi connectivity index (χ3v) is 4.41. The number of hydrogen-bond donors (Lipinski definition) is 2. The quantitative estimate of drug-likeness (QED) is 0.800. The summed E-state index contributed by atoms with van der Waals surface area (Å²) in [7, 11) is 0. The number of rotatable bonds is 6. The molecule has 0 unspecified atom stereocenters. The Hall–Kier alpha value is -2.64. The number of nitrogens with one attached hydrogen (secondary N) is 2. The predicted molar refractivity (Wildman–Crippen MR) is 100 cm³/mol. The SMILES string of the molecule is CC(C)C[C@H](N[C@H]1COCC1=O)C(=O)NC(=O)c1ccc2ccccc2n1. The van der Waals surface area contributed by atoms with E-state index in [1.807, 2.05) is 38.1 Å². The van der Waals surface area contributed by atoms with Gasteiger partial charge in [-0.05, 0) is 24.5 Å². The van der Waals surface area contributed by atoms with Crippen molar-refractivity contribution in [3.05, 3.63) is 42.1 Å². The lowest BCUT2D eigenvalue weighted by atomic mass is 10.0. The molecule has 1 fully saturated rings. The van der Waals surface area contributed by atoms with Gasteiger partial charge in [-0.1, -0.05) is 38.1 Å². The van der Waals surface area contributed by atoms with Gasteiger partial charge in [0, 0.05) is 5.39 Å². The number of Topliss-reactive ketones (excluding diaryl/α,β-unsaturated/α-hetero) is 1. The monoisotopic (exact) mass is 369 g/mol. The van der Waals surface area contributed by atoms with E-state index >= 15 is 0 Å². The minimum atomic E-state index is -0.662. The largest absolute Gasteiger partial charge is 0.372 e. The molecular formula is C20H23N3O4. The van der Waals surface area contributed by atoms with Crippen LogP contribution in [0.3, 0.4) is 0 Å². The van der Waals surface area contributed by atoms with Crippen LogP contribution in [-0.2, 0) is 14.3 Å². The Labute approximate surface area is 157 Å². The van der Waals surface area contributed by atoms with Crippen molar-refractivity contribution in [2.24, 2.45) is 5.92 Å². The fourth-order valence-electron chi connectivity index (χ4n) is 3.03. The standard InChI is InChI=1S/C20H23N3O4/c1-12(2)9-16(22-17-10-27-11-18(17)24)20(26)23-19(25)15-8-7-13-5-3-4-6-14(13)21-15/h3-8,12,16-17,22H,9-11H2,1-2H3,(H,23,25,26)/t16-,17-/m0/s1. The molecule has 0 spiro atoms. The van der Waals surface area contributed by atoms with Crippen molar-refractivity contribution < 1.29 is 19.1 Å². The van der Waals surface area contributed by atoms with Crippen molar-refractivity contribution in [2.75, 3.05) is 13.2 Å². The summed E-state index contributed by atoms with van der Waals surface area (Å²) >= 11 is 0. The molecule has 0 aliphatic carbocycles. The Morgan fingerprint density at radius 1 is 1.22 bits per heavy atom. The highest BCUT2D eigenvalue weighted by molar-refractivity contribution is 6.06. The van der Waals surface area contributed by atoms with E-state index in [1.54, 1.807) is 12.1 Å². The fraction of sp³-hybridized carbons (Fsp3) is 0.400. The topological polar surface area (TPSA) is 97.4 Å². The normalized spacial score (nSPS) is 18.0. The van der Waals surface area contributed by atoms with E-state index in [9.17, 15) is 14.4 Å². The van der Waals surface area contributed by atoms with Gasteiger partial charge in [0.05, 0.1) is 24.2 Å². The van der Waals surface area contributed by atoms with E-state index in [4.69, 9.17) is 4.74 Å². The van der Waals surface area contributed by atoms with E-state index in [0.717, 1.165) is 5.39 Å². The molecule has 3 rings (SSSR count). The summed E-state index contributed by atoms with van der Waals surface area (Å²) in [5, 5.41) is 6.34. The third kappa shape index (κ3) is 4.75. The Kier molecular flexibility index (Phi) is 5.93. The van der Waals surface area contributed by atoms with Crippen LogP contribution < -0.4 is 10.6 Å². The number of ketones is 1. The molecule has 2 amide bonds. The van der Waals surface area contributed by atoms with Crippen molar-refractivity contribution >= 4 is 28.5 Å². The van der Waals surface area contributed by atoms with E-state index in [0.29, 0.717) is 11.9 Å². The minimum Gasteiger partial charge on any atom is -0.372 e. The third-order valence-electron chi connectivity index (χ3n) is 4.41. The van der Waals surface area contributed by atoms with Crippen molar-refractivity contribution in [1.29, 1.82) is 0 Å². The molecule has 0 radical (unpaired) electrons. The zero-order valence-electron chi connectivity index (χ0n) is 15.4. The van der Waals surface area contributed by atoms with Gasteiger partial charge >= 0.3 is 0 Å². The van der Waals surface area contributed by atoms with Gasteiger partial charge in [-0.2, -0.15) is 0 Å². The Balaban J connectivity index is 1.70. The molecular weight excluding hydrogens is 346 g/mol. The lowest BCUT2D eigenvalue weighted by Gasteiger charge is -2.22.